The summed E-state index contributed by atoms with van der Waals surface area (Å²) < 4.78 is 0. The topological polar surface area (TPSA) is 85.4 Å². The van der Waals surface area contributed by atoms with Crippen LogP contribution in [0.2, 0.25) is 0 Å². The predicted molar refractivity (Wildman–Crippen MR) is 74.2 cm³/mol. The first-order valence-corrected chi connectivity index (χ1v) is 7.03. The van der Waals surface area contributed by atoms with E-state index in [2.05, 4.69) is 15.2 Å². The Balaban J connectivity index is 1.82. The van der Waals surface area contributed by atoms with E-state index in [0.717, 1.165) is 12.8 Å². The van der Waals surface area contributed by atoms with Crippen molar-refractivity contribution in [3.05, 3.63) is 24.0 Å². The summed E-state index contributed by atoms with van der Waals surface area (Å²) in [5.74, 6) is -0.704. The van der Waals surface area contributed by atoms with Gasteiger partial charge in [-0.05, 0) is 31.4 Å². The summed E-state index contributed by atoms with van der Waals surface area (Å²) in [4.78, 5) is 28.5. The maximum Gasteiger partial charge on any atom is 0.274 e. The highest BCUT2D eigenvalue weighted by Gasteiger charge is 2.26. The highest BCUT2D eigenvalue weighted by molar-refractivity contribution is 6.04. The number of hydrogen-bond donors (Lipinski definition) is 3. The minimum Gasteiger partial charge on any atom is -0.396 e. The maximum absolute atomic E-state index is 11.9. The average molecular weight is 279 g/mol. The van der Waals surface area contributed by atoms with Crippen molar-refractivity contribution in [1.29, 1.82) is 0 Å². The summed E-state index contributed by atoms with van der Waals surface area (Å²) in [6.07, 6.45) is 5.64. The van der Waals surface area contributed by atoms with Gasteiger partial charge in [-0.1, -0.05) is 6.42 Å². The molecule has 1 saturated carbocycles. The Morgan fingerprint density at radius 3 is 2.80 bits per heavy atom. The molecule has 2 amide bonds. The number of rotatable bonds is 7. The largest absolute Gasteiger partial charge is 0.396 e. The summed E-state index contributed by atoms with van der Waals surface area (Å²) in [6, 6.07) is 3.74. The second-order valence-corrected chi connectivity index (χ2v) is 5.09. The molecule has 1 heterocycles. The molecular formula is C14H21N3O3. The van der Waals surface area contributed by atoms with Crippen LogP contribution in [0.5, 0.6) is 0 Å². The number of aromatic amines is 1. The summed E-state index contributed by atoms with van der Waals surface area (Å²) in [5.41, 5.74) is 0.379. The minimum absolute atomic E-state index is 0.117. The smallest absolute Gasteiger partial charge is 0.274 e. The number of nitrogens with one attached hydrogen (secondary N) is 2. The van der Waals surface area contributed by atoms with Crippen molar-refractivity contribution >= 4 is 11.8 Å². The van der Waals surface area contributed by atoms with Gasteiger partial charge in [-0.3, -0.25) is 19.8 Å². The Kier molecular flexibility index (Phi) is 5.31. The first-order valence-electron chi connectivity index (χ1n) is 7.03. The van der Waals surface area contributed by atoms with E-state index >= 15 is 0 Å². The molecule has 1 aromatic rings. The fraction of sp³-hybridized carbons (Fsp3) is 0.571. The highest BCUT2D eigenvalue weighted by atomic mass is 16.3. The molecule has 0 saturated heterocycles. The number of amides is 2. The van der Waals surface area contributed by atoms with Gasteiger partial charge in [-0.15, -0.1) is 0 Å². The zero-order chi connectivity index (χ0) is 14.4. The van der Waals surface area contributed by atoms with Crippen molar-refractivity contribution in [2.75, 3.05) is 19.7 Å². The molecule has 0 aliphatic heterocycles. The predicted octanol–water partition coefficient (Wildman–Crippen LogP) is 0.508. The number of carbonyl (C=O) groups excluding carboxylic acids is 2. The molecule has 6 nitrogen and oxygen atoms in total. The van der Waals surface area contributed by atoms with Crippen LogP contribution in [0, 0.1) is 0 Å². The fourth-order valence-electron chi connectivity index (χ4n) is 2.31. The Morgan fingerprint density at radius 1 is 1.45 bits per heavy atom. The van der Waals surface area contributed by atoms with Crippen LogP contribution in [0.4, 0.5) is 0 Å². The molecule has 1 fully saturated rings. The van der Waals surface area contributed by atoms with Crippen molar-refractivity contribution in [3.8, 4) is 0 Å². The van der Waals surface area contributed by atoms with Crippen LogP contribution in [0.1, 0.15) is 36.2 Å². The van der Waals surface area contributed by atoms with Gasteiger partial charge in [-0.25, -0.2) is 0 Å². The lowest BCUT2D eigenvalue weighted by molar-refractivity contribution is -0.122. The molecule has 2 rings (SSSR count). The number of carbonyl (C=O) groups is 2. The average Bonchev–Trinajstić information content (AvgIpc) is 2.87. The van der Waals surface area contributed by atoms with Gasteiger partial charge < -0.3 is 10.1 Å². The second kappa shape index (κ2) is 7.21. The van der Waals surface area contributed by atoms with Crippen LogP contribution >= 0.6 is 0 Å². The molecule has 1 aliphatic rings. The van der Waals surface area contributed by atoms with Crippen LogP contribution in [-0.2, 0) is 4.79 Å². The van der Waals surface area contributed by atoms with Crippen LogP contribution in [-0.4, -0.2) is 52.5 Å². The molecule has 1 aromatic heterocycles. The molecule has 0 unspecified atom stereocenters. The van der Waals surface area contributed by atoms with E-state index in [-0.39, 0.29) is 19.1 Å². The van der Waals surface area contributed by atoms with Crippen LogP contribution in [0.15, 0.2) is 18.3 Å². The molecule has 0 bridgehead atoms. The van der Waals surface area contributed by atoms with Crippen molar-refractivity contribution in [2.45, 2.75) is 31.7 Å². The van der Waals surface area contributed by atoms with E-state index in [1.165, 1.54) is 6.42 Å². The molecule has 1 aliphatic carbocycles. The molecule has 0 aromatic carbocycles. The molecule has 6 heteroatoms. The van der Waals surface area contributed by atoms with Gasteiger partial charge in [0.25, 0.3) is 5.91 Å². The molecule has 0 spiro atoms. The Labute approximate surface area is 118 Å². The number of aliphatic hydroxyl groups is 1. The molecule has 0 atom stereocenters. The Bertz CT molecular complexity index is 441. The molecule has 110 valence electrons. The van der Waals surface area contributed by atoms with E-state index in [1.54, 1.807) is 18.3 Å². The number of imide groups is 1. The van der Waals surface area contributed by atoms with Gasteiger partial charge in [0.15, 0.2) is 0 Å². The first-order chi connectivity index (χ1) is 9.70. The van der Waals surface area contributed by atoms with Crippen LogP contribution < -0.4 is 5.32 Å². The van der Waals surface area contributed by atoms with Crippen molar-refractivity contribution in [3.63, 3.8) is 0 Å². The number of nitrogens with zero attached hydrogens (tertiary/aromatic N) is 1. The summed E-state index contributed by atoms with van der Waals surface area (Å²) in [6.45, 7) is 1.01. The summed E-state index contributed by atoms with van der Waals surface area (Å²) in [7, 11) is 0. The Morgan fingerprint density at radius 2 is 2.25 bits per heavy atom. The molecule has 0 radical (unpaired) electrons. The lowest BCUT2D eigenvalue weighted by Gasteiger charge is -2.37. The molecular weight excluding hydrogens is 258 g/mol. The molecule has 20 heavy (non-hydrogen) atoms. The summed E-state index contributed by atoms with van der Waals surface area (Å²) >= 11 is 0. The normalized spacial score (nSPS) is 15.1. The number of hydrogen-bond acceptors (Lipinski definition) is 4. The zero-order valence-corrected chi connectivity index (χ0v) is 11.5. The van der Waals surface area contributed by atoms with Crippen LogP contribution in [0.25, 0.3) is 0 Å². The third kappa shape index (κ3) is 3.91. The number of aromatic nitrogens is 1. The van der Waals surface area contributed by atoms with Crippen molar-refractivity contribution < 1.29 is 14.7 Å². The number of aliphatic hydroxyl groups excluding tert-OH is 1. The van der Waals surface area contributed by atoms with E-state index in [9.17, 15) is 9.59 Å². The molecule has 3 N–H and O–H groups in total. The minimum atomic E-state index is -0.407. The van der Waals surface area contributed by atoms with Gasteiger partial charge in [0, 0.05) is 25.4 Å². The van der Waals surface area contributed by atoms with Crippen molar-refractivity contribution in [2.24, 2.45) is 0 Å². The van der Waals surface area contributed by atoms with Gasteiger partial charge in [0.1, 0.15) is 5.69 Å². The van der Waals surface area contributed by atoms with Crippen molar-refractivity contribution in [1.82, 2.24) is 15.2 Å². The van der Waals surface area contributed by atoms with Gasteiger partial charge in [0.2, 0.25) is 5.91 Å². The Hall–Kier alpha value is -1.66. The third-order valence-corrected chi connectivity index (χ3v) is 3.64. The SMILES string of the molecule is O=C(CN(CCCO)C1CCC1)NC(=O)c1ccc[nH]1. The van der Waals surface area contributed by atoms with E-state index in [1.807, 2.05) is 0 Å². The highest BCUT2D eigenvalue weighted by Crippen LogP contribution is 2.24. The maximum atomic E-state index is 11.9. The van der Waals surface area contributed by atoms with Gasteiger partial charge >= 0.3 is 0 Å². The standard InChI is InChI=1S/C14H21N3O3/c18-9-3-8-17(11-4-1-5-11)10-13(19)16-14(20)12-6-2-7-15-12/h2,6-7,11,15,18H,1,3-5,8-10H2,(H,16,19,20). The first kappa shape index (κ1) is 14.7. The summed E-state index contributed by atoms with van der Waals surface area (Å²) in [5, 5.41) is 11.3. The zero-order valence-electron chi connectivity index (χ0n) is 11.5. The number of H-pyrrole nitrogens is 1. The fourth-order valence-corrected chi connectivity index (χ4v) is 2.31. The second-order valence-electron chi connectivity index (χ2n) is 5.09. The quantitative estimate of drug-likeness (QED) is 0.679. The third-order valence-electron chi connectivity index (χ3n) is 3.64. The van der Waals surface area contributed by atoms with Gasteiger partial charge in [0.05, 0.1) is 6.54 Å². The van der Waals surface area contributed by atoms with E-state index in [4.69, 9.17) is 5.11 Å². The lowest BCUT2D eigenvalue weighted by Crippen LogP contribution is -2.47. The van der Waals surface area contributed by atoms with Crippen LogP contribution in [0.3, 0.4) is 0 Å². The van der Waals surface area contributed by atoms with E-state index < -0.39 is 5.91 Å². The van der Waals surface area contributed by atoms with E-state index in [0.29, 0.717) is 24.7 Å². The monoisotopic (exact) mass is 279 g/mol. The lowest BCUT2D eigenvalue weighted by atomic mass is 9.91. The van der Waals surface area contributed by atoms with Gasteiger partial charge in [-0.2, -0.15) is 0 Å².